The van der Waals surface area contributed by atoms with Gasteiger partial charge in [0.2, 0.25) is 0 Å². The van der Waals surface area contributed by atoms with Gasteiger partial charge in [-0.15, -0.1) is 0 Å². The Balaban J connectivity index is 1.90. The first-order valence-electron chi connectivity index (χ1n) is 7.57. The molecule has 0 spiro atoms. The highest BCUT2D eigenvalue weighted by atomic mass is 19.1. The van der Waals surface area contributed by atoms with Crippen LogP contribution < -0.4 is 15.5 Å². The molecule has 128 valence electrons. The average Bonchev–Trinajstić information content (AvgIpc) is 2.56. The number of fused-ring (bicyclic) bond motifs is 1. The van der Waals surface area contributed by atoms with Crippen LogP contribution in [-0.4, -0.2) is 5.97 Å². The molecule has 3 rings (SSSR count). The number of ether oxygens (including phenoxy) is 1. The van der Waals surface area contributed by atoms with Crippen LogP contribution in [0.5, 0.6) is 5.75 Å². The minimum atomic E-state index is -1.34. The van der Waals surface area contributed by atoms with E-state index < -0.39 is 18.0 Å². The van der Waals surface area contributed by atoms with Crippen molar-refractivity contribution in [2.75, 3.05) is 0 Å². The summed E-state index contributed by atoms with van der Waals surface area (Å²) in [6, 6.07) is 11.0. The monoisotopic (exact) mass is 341 g/mol. The Morgan fingerprint density at radius 1 is 1.24 bits per heavy atom. The van der Waals surface area contributed by atoms with E-state index in [0.717, 1.165) is 0 Å². The highest BCUT2D eigenvalue weighted by Crippen LogP contribution is 2.25. The topological polar surface area (TPSA) is 79.6 Å². The van der Waals surface area contributed by atoms with Gasteiger partial charge in [0.1, 0.15) is 23.8 Å². The molecule has 2 aromatic carbocycles. The molecule has 0 atom stereocenters. The van der Waals surface area contributed by atoms with Gasteiger partial charge in [-0.25, -0.2) is 9.18 Å². The Labute approximate surface area is 142 Å². The molecule has 0 fully saturated rings. The number of rotatable bonds is 5. The van der Waals surface area contributed by atoms with E-state index in [9.17, 15) is 19.1 Å². The molecule has 3 aromatic rings. The summed E-state index contributed by atoms with van der Waals surface area (Å²) in [5.74, 6) is -1.24. The van der Waals surface area contributed by atoms with Gasteiger partial charge in [0.05, 0.1) is 0 Å². The number of hydrogen-bond donors (Lipinski definition) is 0. The molecule has 25 heavy (non-hydrogen) atoms. The highest BCUT2D eigenvalue weighted by Gasteiger charge is 2.12. The molecule has 0 unspecified atom stereocenters. The van der Waals surface area contributed by atoms with Crippen molar-refractivity contribution in [3.05, 3.63) is 75.4 Å². The van der Waals surface area contributed by atoms with E-state index >= 15 is 0 Å². The molecule has 0 N–H and O–H groups in total. The predicted octanol–water partition coefficient (Wildman–Crippen LogP) is 2.11. The van der Waals surface area contributed by atoms with E-state index in [4.69, 9.17) is 9.15 Å². The number of benzene rings is 2. The number of aryl methyl sites for hydroxylation is 1. The second kappa shape index (κ2) is 6.76. The van der Waals surface area contributed by atoms with Crippen molar-refractivity contribution in [1.29, 1.82) is 0 Å². The molecular weight excluding hydrogens is 327 g/mol. The first kappa shape index (κ1) is 16.7. The van der Waals surface area contributed by atoms with Crippen LogP contribution in [0.2, 0.25) is 0 Å². The number of halogens is 1. The average molecular weight is 341 g/mol. The lowest BCUT2D eigenvalue weighted by atomic mass is 10.0. The molecular formula is C19H14FO5-. The van der Waals surface area contributed by atoms with E-state index in [2.05, 4.69) is 0 Å². The SMILES string of the molecule is Cc1c(CC(=O)[O-])c(=O)oc2cc(OCc3cccc(F)c3)ccc12. The van der Waals surface area contributed by atoms with Crippen molar-refractivity contribution >= 4 is 16.9 Å². The summed E-state index contributed by atoms with van der Waals surface area (Å²) in [6.45, 7) is 1.82. The number of carbonyl (C=O) groups is 1. The molecule has 6 heteroatoms. The van der Waals surface area contributed by atoms with Crippen molar-refractivity contribution in [2.24, 2.45) is 0 Å². The Hall–Kier alpha value is -3.15. The molecule has 0 aliphatic rings. The third kappa shape index (κ3) is 3.68. The van der Waals surface area contributed by atoms with Gasteiger partial charge < -0.3 is 19.1 Å². The second-order valence-electron chi connectivity index (χ2n) is 5.62. The van der Waals surface area contributed by atoms with E-state index in [0.29, 0.717) is 27.8 Å². The summed E-state index contributed by atoms with van der Waals surface area (Å²) in [4.78, 5) is 22.7. The predicted molar refractivity (Wildman–Crippen MR) is 86.7 cm³/mol. The third-order valence-electron chi connectivity index (χ3n) is 3.87. The summed E-state index contributed by atoms with van der Waals surface area (Å²) in [6.07, 6.45) is -0.498. The molecule has 0 saturated carbocycles. The Bertz CT molecular complexity index is 1010. The fourth-order valence-electron chi connectivity index (χ4n) is 2.61. The fourth-order valence-corrected chi connectivity index (χ4v) is 2.61. The normalized spacial score (nSPS) is 10.8. The molecule has 0 radical (unpaired) electrons. The fraction of sp³-hybridized carbons (Fsp3) is 0.158. The van der Waals surface area contributed by atoms with Gasteiger partial charge in [-0.1, -0.05) is 12.1 Å². The number of carboxylic acids is 1. The summed E-state index contributed by atoms with van der Waals surface area (Å²) in [5.41, 5.74) is 0.855. The largest absolute Gasteiger partial charge is 0.550 e. The number of carboxylic acid groups (broad SMARTS) is 1. The molecule has 0 amide bonds. The van der Waals surface area contributed by atoms with Gasteiger partial charge in [0.25, 0.3) is 0 Å². The molecule has 1 aromatic heterocycles. The number of hydrogen-bond acceptors (Lipinski definition) is 5. The zero-order chi connectivity index (χ0) is 18.0. The van der Waals surface area contributed by atoms with Crippen LogP contribution in [0.25, 0.3) is 11.0 Å². The lowest BCUT2D eigenvalue weighted by molar-refractivity contribution is -0.304. The van der Waals surface area contributed by atoms with Gasteiger partial charge in [0, 0.05) is 29.4 Å². The lowest BCUT2D eigenvalue weighted by Crippen LogP contribution is -2.27. The van der Waals surface area contributed by atoms with Gasteiger partial charge in [-0.05, 0) is 42.3 Å². The van der Waals surface area contributed by atoms with Gasteiger partial charge in [-0.2, -0.15) is 0 Å². The van der Waals surface area contributed by atoms with Crippen molar-refractivity contribution in [3.63, 3.8) is 0 Å². The minimum Gasteiger partial charge on any atom is -0.550 e. The standard InChI is InChI=1S/C19H15FO5/c1-11-15-6-5-14(24-10-12-3-2-4-13(20)7-12)8-17(15)25-19(23)16(11)9-18(21)22/h2-8H,9-10H2,1H3,(H,21,22)/p-1. The van der Waals surface area contributed by atoms with Gasteiger partial charge in [0.15, 0.2) is 0 Å². The van der Waals surface area contributed by atoms with Crippen LogP contribution in [0, 0.1) is 12.7 Å². The highest BCUT2D eigenvalue weighted by molar-refractivity contribution is 5.83. The quantitative estimate of drug-likeness (QED) is 0.664. The Morgan fingerprint density at radius 2 is 2.04 bits per heavy atom. The molecule has 0 aliphatic heterocycles. The van der Waals surface area contributed by atoms with Crippen LogP contribution in [0.3, 0.4) is 0 Å². The second-order valence-corrected chi connectivity index (χ2v) is 5.62. The van der Waals surface area contributed by atoms with Crippen molar-refractivity contribution < 1.29 is 23.4 Å². The first-order valence-corrected chi connectivity index (χ1v) is 7.57. The van der Waals surface area contributed by atoms with Crippen molar-refractivity contribution in [2.45, 2.75) is 20.0 Å². The Kier molecular flexibility index (Phi) is 4.52. The molecule has 0 aliphatic carbocycles. The first-order chi connectivity index (χ1) is 11.9. The summed E-state index contributed by atoms with van der Waals surface area (Å²) >= 11 is 0. The van der Waals surface area contributed by atoms with Gasteiger partial charge in [-0.3, -0.25) is 0 Å². The van der Waals surface area contributed by atoms with E-state index in [1.807, 2.05) is 0 Å². The maximum atomic E-state index is 13.2. The minimum absolute atomic E-state index is 0.0703. The summed E-state index contributed by atoms with van der Waals surface area (Å²) < 4.78 is 24.0. The maximum Gasteiger partial charge on any atom is 0.340 e. The van der Waals surface area contributed by atoms with Gasteiger partial charge >= 0.3 is 5.63 Å². The van der Waals surface area contributed by atoms with Crippen LogP contribution in [0.15, 0.2) is 51.7 Å². The van der Waals surface area contributed by atoms with Crippen LogP contribution in [-0.2, 0) is 17.8 Å². The van der Waals surface area contributed by atoms with E-state index in [1.165, 1.54) is 12.1 Å². The molecule has 5 nitrogen and oxygen atoms in total. The molecule has 1 heterocycles. The molecule has 0 bridgehead atoms. The Morgan fingerprint density at radius 3 is 2.76 bits per heavy atom. The van der Waals surface area contributed by atoms with Crippen molar-refractivity contribution in [3.8, 4) is 5.75 Å². The summed E-state index contributed by atoms with van der Waals surface area (Å²) in [7, 11) is 0. The zero-order valence-electron chi connectivity index (χ0n) is 13.4. The maximum absolute atomic E-state index is 13.2. The van der Waals surface area contributed by atoms with Crippen LogP contribution in [0.1, 0.15) is 16.7 Å². The van der Waals surface area contributed by atoms with Crippen molar-refractivity contribution in [1.82, 2.24) is 0 Å². The number of carbonyl (C=O) groups excluding carboxylic acids is 1. The third-order valence-corrected chi connectivity index (χ3v) is 3.87. The van der Waals surface area contributed by atoms with E-state index in [1.54, 1.807) is 37.3 Å². The smallest absolute Gasteiger partial charge is 0.340 e. The van der Waals surface area contributed by atoms with E-state index in [-0.39, 0.29) is 18.0 Å². The van der Waals surface area contributed by atoms with Crippen LogP contribution >= 0.6 is 0 Å². The lowest BCUT2D eigenvalue weighted by Gasteiger charge is -2.10. The van der Waals surface area contributed by atoms with Crippen LogP contribution in [0.4, 0.5) is 4.39 Å². The zero-order valence-corrected chi connectivity index (χ0v) is 13.4. The number of aliphatic carboxylic acids is 1. The summed E-state index contributed by atoms with van der Waals surface area (Å²) in [5, 5.41) is 11.4. The molecule has 0 saturated heterocycles.